The van der Waals surface area contributed by atoms with Gasteiger partial charge in [0.15, 0.2) is 0 Å². The zero-order valence-corrected chi connectivity index (χ0v) is 10.9. The quantitative estimate of drug-likeness (QED) is 0.752. The fraction of sp³-hybridized carbons (Fsp3) is 0.923. The zero-order valence-electron chi connectivity index (χ0n) is 10.9. The van der Waals surface area contributed by atoms with Gasteiger partial charge in [-0.15, -0.1) is 0 Å². The Morgan fingerprint density at radius 2 is 2.24 bits per heavy atom. The van der Waals surface area contributed by atoms with E-state index in [0.717, 1.165) is 26.0 Å². The van der Waals surface area contributed by atoms with E-state index < -0.39 is 0 Å². The third kappa shape index (κ3) is 3.67. The van der Waals surface area contributed by atoms with Gasteiger partial charge in [-0.1, -0.05) is 0 Å². The highest BCUT2D eigenvalue weighted by Crippen LogP contribution is 2.21. The van der Waals surface area contributed by atoms with Crippen molar-refractivity contribution in [3.63, 3.8) is 0 Å². The molecule has 96 valence electrons. The first-order chi connectivity index (χ1) is 8.20. The molecule has 3 atom stereocenters. The number of likely N-dealkylation sites (N-methyl/N-ethyl adjacent to an activating group) is 1. The second-order valence-electron chi connectivity index (χ2n) is 5.32. The van der Waals surface area contributed by atoms with Crippen LogP contribution in [0.4, 0.5) is 0 Å². The monoisotopic (exact) mass is 237 g/mol. The minimum atomic E-state index is 0.0163. The number of nitriles is 1. The Morgan fingerprint density at radius 1 is 1.47 bits per heavy atom. The lowest BCUT2D eigenvalue weighted by molar-refractivity contribution is 0.0828. The lowest BCUT2D eigenvalue weighted by Gasteiger charge is -2.27. The standard InChI is InChI=1S/C13H23N3O/c1-10-13(6-8-17-10)16(2)7-5-12(9-14)15-11-3-4-11/h10-13,15H,3-8H2,1-2H3. The van der Waals surface area contributed by atoms with Gasteiger partial charge in [0.25, 0.3) is 0 Å². The molecule has 17 heavy (non-hydrogen) atoms. The molecular weight excluding hydrogens is 214 g/mol. The molecule has 4 heteroatoms. The summed E-state index contributed by atoms with van der Waals surface area (Å²) in [6, 6.07) is 3.51. The molecular formula is C13H23N3O. The van der Waals surface area contributed by atoms with Gasteiger partial charge in [0.05, 0.1) is 18.2 Å². The predicted molar refractivity (Wildman–Crippen MR) is 66.6 cm³/mol. The molecule has 0 bridgehead atoms. The largest absolute Gasteiger partial charge is 0.377 e. The van der Waals surface area contributed by atoms with E-state index in [2.05, 4.69) is 30.3 Å². The van der Waals surface area contributed by atoms with Crippen LogP contribution < -0.4 is 5.32 Å². The van der Waals surface area contributed by atoms with E-state index in [0.29, 0.717) is 18.2 Å². The highest BCUT2D eigenvalue weighted by molar-refractivity contribution is 4.96. The van der Waals surface area contributed by atoms with Gasteiger partial charge in [0.1, 0.15) is 0 Å². The van der Waals surface area contributed by atoms with Gasteiger partial charge in [0.2, 0.25) is 0 Å². The maximum Gasteiger partial charge on any atom is 0.0967 e. The van der Waals surface area contributed by atoms with Crippen LogP contribution in [0.1, 0.15) is 32.6 Å². The summed E-state index contributed by atoms with van der Waals surface area (Å²) in [5.74, 6) is 0. The third-order valence-corrected chi connectivity index (χ3v) is 3.84. The number of nitrogens with one attached hydrogen (secondary N) is 1. The topological polar surface area (TPSA) is 48.3 Å². The molecule has 0 spiro atoms. The Bertz CT molecular complexity index is 285. The zero-order chi connectivity index (χ0) is 12.3. The van der Waals surface area contributed by atoms with Crippen LogP contribution in [-0.4, -0.2) is 49.3 Å². The maximum atomic E-state index is 9.08. The number of rotatable bonds is 6. The Morgan fingerprint density at radius 3 is 2.76 bits per heavy atom. The summed E-state index contributed by atoms with van der Waals surface area (Å²) in [5.41, 5.74) is 0. The molecule has 1 saturated carbocycles. The van der Waals surface area contributed by atoms with E-state index >= 15 is 0 Å². The van der Waals surface area contributed by atoms with Crippen LogP contribution >= 0.6 is 0 Å². The molecule has 3 unspecified atom stereocenters. The molecule has 0 aromatic carbocycles. The van der Waals surface area contributed by atoms with Crippen molar-refractivity contribution in [3.8, 4) is 6.07 Å². The second-order valence-corrected chi connectivity index (χ2v) is 5.32. The van der Waals surface area contributed by atoms with Crippen molar-refractivity contribution in [1.29, 1.82) is 5.26 Å². The number of nitrogens with zero attached hydrogens (tertiary/aromatic N) is 2. The minimum Gasteiger partial charge on any atom is -0.377 e. The van der Waals surface area contributed by atoms with E-state index in [1.807, 2.05) is 0 Å². The summed E-state index contributed by atoms with van der Waals surface area (Å²) in [4.78, 5) is 2.34. The molecule has 0 amide bonds. The van der Waals surface area contributed by atoms with Gasteiger partial charge >= 0.3 is 0 Å². The van der Waals surface area contributed by atoms with Gasteiger partial charge in [-0.2, -0.15) is 5.26 Å². The van der Waals surface area contributed by atoms with Crippen LogP contribution in [0.2, 0.25) is 0 Å². The van der Waals surface area contributed by atoms with Crippen molar-refractivity contribution in [3.05, 3.63) is 0 Å². The molecule has 2 fully saturated rings. The van der Waals surface area contributed by atoms with Crippen molar-refractivity contribution in [1.82, 2.24) is 10.2 Å². The summed E-state index contributed by atoms with van der Waals surface area (Å²) >= 11 is 0. The molecule has 0 aromatic heterocycles. The molecule has 1 heterocycles. The summed E-state index contributed by atoms with van der Waals surface area (Å²) in [6.45, 7) is 3.98. The molecule has 2 aliphatic rings. The molecule has 0 aromatic rings. The molecule has 1 aliphatic carbocycles. The van der Waals surface area contributed by atoms with Crippen LogP contribution in [0.5, 0.6) is 0 Å². The fourth-order valence-electron chi connectivity index (χ4n) is 2.52. The average Bonchev–Trinajstić information content (AvgIpc) is 3.04. The fourth-order valence-corrected chi connectivity index (χ4v) is 2.52. The molecule has 2 rings (SSSR count). The van der Waals surface area contributed by atoms with Crippen molar-refractivity contribution in [2.75, 3.05) is 20.2 Å². The smallest absolute Gasteiger partial charge is 0.0967 e. The van der Waals surface area contributed by atoms with E-state index in [1.54, 1.807) is 0 Å². The Balaban J connectivity index is 1.70. The first-order valence-corrected chi connectivity index (χ1v) is 6.68. The Kier molecular flexibility index (Phi) is 4.38. The van der Waals surface area contributed by atoms with Crippen LogP contribution in [0.25, 0.3) is 0 Å². The summed E-state index contributed by atoms with van der Waals surface area (Å²) in [7, 11) is 2.14. The first-order valence-electron chi connectivity index (χ1n) is 6.68. The summed E-state index contributed by atoms with van der Waals surface area (Å²) < 4.78 is 5.57. The Labute approximate surface area is 104 Å². The van der Waals surface area contributed by atoms with Crippen molar-refractivity contribution >= 4 is 0 Å². The highest BCUT2D eigenvalue weighted by Gasteiger charge is 2.29. The molecule has 0 radical (unpaired) electrons. The van der Waals surface area contributed by atoms with Crippen molar-refractivity contribution in [2.45, 2.75) is 56.8 Å². The predicted octanol–water partition coefficient (Wildman–Crippen LogP) is 1.13. The molecule has 1 N–H and O–H groups in total. The summed E-state index contributed by atoms with van der Waals surface area (Å²) in [5, 5.41) is 12.5. The SMILES string of the molecule is CC1OCCC1N(C)CCC(C#N)NC1CC1. The van der Waals surface area contributed by atoms with Crippen molar-refractivity contribution < 1.29 is 4.74 Å². The van der Waals surface area contributed by atoms with Crippen LogP contribution in [0.3, 0.4) is 0 Å². The molecule has 1 saturated heterocycles. The second kappa shape index (κ2) is 5.81. The van der Waals surface area contributed by atoms with Gasteiger partial charge in [0, 0.05) is 25.2 Å². The molecule has 4 nitrogen and oxygen atoms in total. The van der Waals surface area contributed by atoms with Gasteiger partial charge in [-0.25, -0.2) is 0 Å². The van der Waals surface area contributed by atoms with E-state index in [-0.39, 0.29) is 6.04 Å². The first kappa shape index (κ1) is 12.8. The average molecular weight is 237 g/mol. The van der Waals surface area contributed by atoms with E-state index in [4.69, 9.17) is 10.00 Å². The number of hydrogen-bond donors (Lipinski definition) is 1. The number of hydrogen-bond acceptors (Lipinski definition) is 4. The normalized spacial score (nSPS) is 30.5. The lowest BCUT2D eigenvalue weighted by Crippen LogP contribution is -2.40. The molecule has 1 aliphatic heterocycles. The Hall–Kier alpha value is -0.630. The number of ether oxygens (including phenoxy) is 1. The lowest BCUT2D eigenvalue weighted by atomic mass is 10.1. The third-order valence-electron chi connectivity index (χ3n) is 3.84. The van der Waals surface area contributed by atoms with E-state index in [1.165, 1.54) is 12.8 Å². The van der Waals surface area contributed by atoms with Crippen molar-refractivity contribution in [2.24, 2.45) is 0 Å². The van der Waals surface area contributed by atoms with Crippen LogP contribution in [0, 0.1) is 11.3 Å². The maximum absolute atomic E-state index is 9.08. The summed E-state index contributed by atoms with van der Waals surface area (Å²) in [6.07, 6.45) is 4.83. The van der Waals surface area contributed by atoms with Gasteiger partial charge in [-0.05, 0) is 39.7 Å². The van der Waals surface area contributed by atoms with Crippen LogP contribution in [0.15, 0.2) is 0 Å². The minimum absolute atomic E-state index is 0.0163. The highest BCUT2D eigenvalue weighted by atomic mass is 16.5. The van der Waals surface area contributed by atoms with E-state index in [9.17, 15) is 0 Å². The van der Waals surface area contributed by atoms with Crippen LogP contribution in [-0.2, 0) is 4.74 Å². The van der Waals surface area contributed by atoms with Gasteiger partial charge < -0.3 is 9.64 Å². The van der Waals surface area contributed by atoms with Gasteiger partial charge in [-0.3, -0.25) is 5.32 Å².